The van der Waals surface area contributed by atoms with Crippen molar-refractivity contribution in [1.82, 2.24) is 10.2 Å². The smallest absolute Gasteiger partial charge is 0.248 e. The van der Waals surface area contributed by atoms with Crippen molar-refractivity contribution in [2.45, 2.75) is 38.8 Å². The van der Waals surface area contributed by atoms with Crippen molar-refractivity contribution in [3.05, 3.63) is 34.3 Å². The van der Waals surface area contributed by atoms with E-state index in [1.807, 2.05) is 38.1 Å². The summed E-state index contributed by atoms with van der Waals surface area (Å²) in [6.45, 7) is 5.77. The van der Waals surface area contributed by atoms with Gasteiger partial charge in [-0.05, 0) is 38.0 Å². The van der Waals surface area contributed by atoms with Gasteiger partial charge in [-0.15, -0.1) is 0 Å². The average molecular weight is 339 g/mol. The number of amides is 2. The first kappa shape index (κ1) is 15.0. The molecule has 20 heavy (non-hydrogen) atoms. The van der Waals surface area contributed by atoms with E-state index in [-0.39, 0.29) is 24.4 Å². The van der Waals surface area contributed by atoms with Crippen LogP contribution < -0.4 is 5.32 Å². The van der Waals surface area contributed by atoms with Gasteiger partial charge in [-0.25, -0.2) is 0 Å². The molecule has 0 spiro atoms. The van der Waals surface area contributed by atoms with E-state index < -0.39 is 5.54 Å². The normalized spacial score (nSPS) is 24.5. The van der Waals surface area contributed by atoms with Gasteiger partial charge in [0.05, 0.1) is 6.04 Å². The Morgan fingerprint density at radius 2 is 1.95 bits per heavy atom. The molecule has 1 N–H and O–H groups in total. The lowest BCUT2D eigenvalue weighted by Gasteiger charge is -2.42. The minimum atomic E-state index is -0.793. The van der Waals surface area contributed by atoms with Crippen molar-refractivity contribution in [2.24, 2.45) is 0 Å². The van der Waals surface area contributed by atoms with Crippen molar-refractivity contribution >= 4 is 27.7 Å². The average Bonchev–Trinajstić information content (AvgIpc) is 2.43. The van der Waals surface area contributed by atoms with Crippen LogP contribution in [0.3, 0.4) is 0 Å². The number of carbonyl (C=O) groups excluding carboxylic acids is 2. The molecule has 1 heterocycles. The van der Waals surface area contributed by atoms with E-state index in [0.717, 1.165) is 10.0 Å². The number of halogens is 1. The van der Waals surface area contributed by atoms with Crippen LogP contribution in [0, 0.1) is 0 Å². The molecule has 1 aromatic carbocycles. The molecule has 0 saturated carbocycles. The molecule has 108 valence electrons. The van der Waals surface area contributed by atoms with Crippen LogP contribution in [0.2, 0.25) is 0 Å². The van der Waals surface area contributed by atoms with Crippen LogP contribution in [0.5, 0.6) is 0 Å². The molecule has 0 bridgehead atoms. The fourth-order valence-electron chi connectivity index (χ4n) is 2.42. The summed E-state index contributed by atoms with van der Waals surface area (Å²) < 4.78 is 0.995. The summed E-state index contributed by atoms with van der Waals surface area (Å²) in [5.74, 6) is -0.118. The highest BCUT2D eigenvalue weighted by Gasteiger charge is 2.43. The van der Waals surface area contributed by atoms with Crippen LogP contribution in [-0.4, -0.2) is 28.8 Å². The van der Waals surface area contributed by atoms with Crippen LogP contribution in [0.15, 0.2) is 28.7 Å². The van der Waals surface area contributed by atoms with Crippen molar-refractivity contribution < 1.29 is 9.59 Å². The fourth-order valence-corrected chi connectivity index (χ4v) is 2.68. The van der Waals surface area contributed by atoms with E-state index in [9.17, 15) is 9.59 Å². The Balaban J connectivity index is 2.28. The number of hydrogen-bond donors (Lipinski definition) is 1. The molecule has 4 nitrogen and oxygen atoms in total. The molecule has 5 heteroatoms. The van der Waals surface area contributed by atoms with Gasteiger partial charge < -0.3 is 10.2 Å². The number of carbonyl (C=O) groups is 2. The van der Waals surface area contributed by atoms with Crippen molar-refractivity contribution in [3.63, 3.8) is 0 Å². The van der Waals surface area contributed by atoms with Gasteiger partial charge in [0.1, 0.15) is 12.1 Å². The van der Waals surface area contributed by atoms with E-state index >= 15 is 0 Å². The second-order valence-electron chi connectivity index (χ2n) is 5.39. The maximum atomic E-state index is 12.6. The maximum absolute atomic E-state index is 12.6. The Kier molecular flexibility index (Phi) is 4.18. The molecule has 1 saturated heterocycles. The highest BCUT2D eigenvalue weighted by atomic mass is 79.9. The Morgan fingerprint density at radius 3 is 2.50 bits per heavy atom. The third kappa shape index (κ3) is 2.73. The van der Waals surface area contributed by atoms with Gasteiger partial charge in [0.2, 0.25) is 11.8 Å². The minimum absolute atomic E-state index is 0.0185. The standard InChI is InChI=1S/C15H19BrN2O2/c1-4-15(3)14(20)18(9-13(19)17-15)10(2)11-5-7-12(16)8-6-11/h5-8,10H,4,9H2,1-3H3,(H,17,19). The van der Waals surface area contributed by atoms with E-state index in [4.69, 9.17) is 0 Å². The number of piperazine rings is 1. The summed E-state index contributed by atoms with van der Waals surface area (Å²) in [5.41, 5.74) is 0.230. The van der Waals surface area contributed by atoms with Gasteiger partial charge in [0.15, 0.2) is 0 Å². The van der Waals surface area contributed by atoms with E-state index in [1.54, 1.807) is 11.8 Å². The molecule has 1 aliphatic heterocycles. The molecule has 0 aliphatic carbocycles. The van der Waals surface area contributed by atoms with Crippen LogP contribution in [-0.2, 0) is 9.59 Å². The number of nitrogens with one attached hydrogen (secondary N) is 1. The Hall–Kier alpha value is -1.36. The van der Waals surface area contributed by atoms with Gasteiger partial charge in [-0.1, -0.05) is 35.0 Å². The molecular formula is C15H19BrN2O2. The largest absolute Gasteiger partial charge is 0.340 e. The zero-order valence-corrected chi connectivity index (χ0v) is 13.5. The zero-order valence-electron chi connectivity index (χ0n) is 11.9. The Labute approximate surface area is 127 Å². The SMILES string of the molecule is CCC1(C)NC(=O)CN(C(C)c2ccc(Br)cc2)C1=O. The topological polar surface area (TPSA) is 49.4 Å². The lowest BCUT2D eigenvalue weighted by atomic mass is 9.92. The van der Waals surface area contributed by atoms with Gasteiger partial charge >= 0.3 is 0 Å². The molecule has 0 aromatic heterocycles. The molecule has 0 radical (unpaired) electrons. The first-order valence-electron chi connectivity index (χ1n) is 6.75. The highest BCUT2D eigenvalue weighted by Crippen LogP contribution is 2.27. The molecule has 2 rings (SSSR count). The van der Waals surface area contributed by atoms with E-state index in [1.165, 1.54) is 0 Å². The lowest BCUT2D eigenvalue weighted by Crippen LogP contribution is -2.65. The monoisotopic (exact) mass is 338 g/mol. The summed E-state index contributed by atoms with van der Waals surface area (Å²) in [6, 6.07) is 7.71. The van der Waals surface area contributed by atoms with Crippen molar-refractivity contribution in [1.29, 1.82) is 0 Å². The number of benzene rings is 1. The summed E-state index contributed by atoms with van der Waals surface area (Å²) in [6.07, 6.45) is 0.584. The fraction of sp³-hybridized carbons (Fsp3) is 0.467. The number of nitrogens with zero attached hydrogens (tertiary/aromatic N) is 1. The third-order valence-corrected chi connectivity index (χ3v) is 4.52. The van der Waals surface area contributed by atoms with E-state index in [0.29, 0.717) is 6.42 Å². The van der Waals surface area contributed by atoms with Crippen LogP contribution in [0.25, 0.3) is 0 Å². The first-order valence-corrected chi connectivity index (χ1v) is 7.54. The predicted molar refractivity (Wildman–Crippen MR) is 81.1 cm³/mol. The van der Waals surface area contributed by atoms with Crippen LogP contribution in [0.4, 0.5) is 0 Å². The number of rotatable bonds is 3. The Bertz CT molecular complexity index is 529. The van der Waals surface area contributed by atoms with Crippen molar-refractivity contribution in [3.8, 4) is 0 Å². The third-order valence-electron chi connectivity index (χ3n) is 3.99. The number of hydrogen-bond acceptors (Lipinski definition) is 2. The molecule has 2 amide bonds. The predicted octanol–water partition coefficient (Wildman–Crippen LogP) is 2.64. The zero-order chi connectivity index (χ0) is 14.9. The second kappa shape index (κ2) is 5.56. The van der Waals surface area contributed by atoms with Crippen LogP contribution in [0.1, 0.15) is 38.8 Å². The summed E-state index contributed by atoms with van der Waals surface area (Å²) in [5, 5.41) is 2.80. The lowest BCUT2D eigenvalue weighted by molar-refractivity contribution is -0.151. The molecule has 1 aliphatic rings. The molecule has 2 unspecified atom stereocenters. The summed E-state index contributed by atoms with van der Waals surface area (Å²) in [7, 11) is 0. The maximum Gasteiger partial charge on any atom is 0.248 e. The van der Waals surface area contributed by atoms with Gasteiger partial charge in [0, 0.05) is 4.47 Å². The van der Waals surface area contributed by atoms with Gasteiger partial charge in [-0.2, -0.15) is 0 Å². The quantitative estimate of drug-likeness (QED) is 0.920. The second-order valence-corrected chi connectivity index (χ2v) is 6.31. The molecule has 2 atom stereocenters. The first-order chi connectivity index (χ1) is 9.37. The summed E-state index contributed by atoms with van der Waals surface area (Å²) in [4.78, 5) is 26.1. The summed E-state index contributed by atoms with van der Waals surface area (Å²) >= 11 is 3.40. The highest BCUT2D eigenvalue weighted by molar-refractivity contribution is 9.10. The van der Waals surface area contributed by atoms with Crippen LogP contribution >= 0.6 is 15.9 Å². The van der Waals surface area contributed by atoms with Gasteiger partial charge in [0.25, 0.3) is 0 Å². The molecular weight excluding hydrogens is 320 g/mol. The molecule has 1 aromatic rings. The van der Waals surface area contributed by atoms with Crippen molar-refractivity contribution in [2.75, 3.05) is 6.54 Å². The minimum Gasteiger partial charge on any atom is -0.340 e. The Morgan fingerprint density at radius 1 is 1.35 bits per heavy atom. The van der Waals surface area contributed by atoms with E-state index in [2.05, 4.69) is 21.2 Å². The van der Waals surface area contributed by atoms with Gasteiger partial charge in [-0.3, -0.25) is 9.59 Å². The molecule has 1 fully saturated rings.